The number of hydrogen-bond acceptors (Lipinski definition) is 2. The first-order valence-electron chi connectivity index (χ1n) is 7.52. The molecule has 0 fully saturated rings. The lowest BCUT2D eigenvalue weighted by molar-refractivity contribution is 0.242. The van der Waals surface area contributed by atoms with Crippen LogP contribution in [0.15, 0.2) is 24.3 Å². The summed E-state index contributed by atoms with van der Waals surface area (Å²) in [7, 11) is 0. The smallest absolute Gasteiger partial charge is 0.119 e. The second-order valence-electron chi connectivity index (χ2n) is 5.76. The summed E-state index contributed by atoms with van der Waals surface area (Å²) in [5.41, 5.74) is 1.39. The van der Waals surface area contributed by atoms with Crippen molar-refractivity contribution in [3.63, 3.8) is 0 Å². The summed E-state index contributed by atoms with van der Waals surface area (Å²) < 4.78 is 5.66. The predicted molar refractivity (Wildman–Crippen MR) is 82.8 cm³/mol. The van der Waals surface area contributed by atoms with Crippen molar-refractivity contribution in [2.24, 2.45) is 5.92 Å². The van der Waals surface area contributed by atoms with Gasteiger partial charge in [0.1, 0.15) is 5.75 Å². The van der Waals surface area contributed by atoms with Gasteiger partial charge in [0.25, 0.3) is 0 Å². The van der Waals surface area contributed by atoms with Gasteiger partial charge in [0, 0.05) is 6.04 Å². The molecule has 0 aliphatic rings. The van der Waals surface area contributed by atoms with E-state index in [1.807, 2.05) is 0 Å². The molecule has 2 nitrogen and oxygen atoms in total. The van der Waals surface area contributed by atoms with E-state index in [4.69, 9.17) is 4.74 Å². The van der Waals surface area contributed by atoms with Crippen LogP contribution in [0.1, 0.15) is 46.6 Å². The molecule has 1 atom stereocenters. The quantitative estimate of drug-likeness (QED) is 0.764. The Morgan fingerprint density at radius 3 is 2.16 bits per heavy atom. The number of rotatable bonds is 8. The van der Waals surface area contributed by atoms with Gasteiger partial charge in [0.15, 0.2) is 0 Å². The normalized spacial score (nSPS) is 13.0. The first kappa shape index (κ1) is 16.0. The molecule has 0 radical (unpaired) electrons. The Balaban J connectivity index is 2.48. The highest BCUT2D eigenvalue weighted by molar-refractivity contribution is 5.27. The van der Waals surface area contributed by atoms with Gasteiger partial charge in [-0.1, -0.05) is 32.9 Å². The molecule has 0 bridgehead atoms. The maximum Gasteiger partial charge on any atom is 0.119 e. The van der Waals surface area contributed by atoms with E-state index in [1.54, 1.807) is 0 Å². The molecule has 1 aromatic carbocycles. The van der Waals surface area contributed by atoms with Gasteiger partial charge in [-0.2, -0.15) is 0 Å². The van der Waals surface area contributed by atoms with Crippen LogP contribution >= 0.6 is 0 Å². The first-order chi connectivity index (χ1) is 9.02. The molecule has 0 amide bonds. The lowest BCUT2D eigenvalue weighted by Gasteiger charge is -2.21. The fourth-order valence-electron chi connectivity index (χ4n) is 2.26. The van der Waals surface area contributed by atoms with E-state index in [9.17, 15) is 0 Å². The van der Waals surface area contributed by atoms with Gasteiger partial charge in [0.2, 0.25) is 0 Å². The molecule has 0 spiro atoms. The lowest BCUT2D eigenvalue weighted by atomic mass is 9.96. The minimum absolute atomic E-state index is 0.241. The van der Waals surface area contributed by atoms with Crippen molar-refractivity contribution in [1.82, 2.24) is 5.32 Å². The molecule has 0 heterocycles. The van der Waals surface area contributed by atoms with Crippen LogP contribution in [-0.2, 0) is 6.42 Å². The highest BCUT2D eigenvalue weighted by Gasteiger charge is 2.11. The average molecular weight is 263 g/mol. The molecule has 1 aromatic rings. The van der Waals surface area contributed by atoms with Crippen LogP contribution in [0.5, 0.6) is 5.75 Å². The zero-order valence-electron chi connectivity index (χ0n) is 13.1. The van der Waals surface area contributed by atoms with E-state index in [2.05, 4.69) is 64.2 Å². The van der Waals surface area contributed by atoms with E-state index in [1.165, 1.54) is 12.0 Å². The first-order valence-corrected chi connectivity index (χ1v) is 7.52. The second kappa shape index (κ2) is 8.21. The molecule has 1 unspecified atom stereocenters. The summed E-state index contributed by atoms with van der Waals surface area (Å²) in [5.74, 6) is 1.65. The van der Waals surface area contributed by atoms with E-state index in [0.29, 0.717) is 12.0 Å². The van der Waals surface area contributed by atoms with Gasteiger partial charge in [-0.25, -0.2) is 0 Å². The summed E-state index contributed by atoms with van der Waals surface area (Å²) in [6.07, 6.45) is 2.55. The van der Waals surface area contributed by atoms with Crippen molar-refractivity contribution in [1.29, 1.82) is 0 Å². The molecule has 19 heavy (non-hydrogen) atoms. The summed E-state index contributed by atoms with van der Waals surface area (Å²) in [4.78, 5) is 0. The standard InChI is InChI=1S/C17H29NO/c1-6-18-17(13(2)3)12-9-15-7-10-16(11-8-15)19-14(4)5/h7-8,10-11,13-14,17-18H,6,9,12H2,1-5H3. The maximum atomic E-state index is 5.66. The largest absolute Gasteiger partial charge is 0.491 e. The molecule has 0 saturated carbocycles. The highest BCUT2D eigenvalue weighted by Crippen LogP contribution is 2.16. The molecule has 0 aliphatic heterocycles. The Morgan fingerprint density at radius 2 is 1.68 bits per heavy atom. The summed E-state index contributed by atoms with van der Waals surface area (Å²) >= 11 is 0. The van der Waals surface area contributed by atoms with Crippen LogP contribution < -0.4 is 10.1 Å². The van der Waals surface area contributed by atoms with Crippen LogP contribution in [0.25, 0.3) is 0 Å². The summed E-state index contributed by atoms with van der Waals surface area (Å²) in [6, 6.07) is 9.12. The third kappa shape index (κ3) is 6.11. The summed E-state index contributed by atoms with van der Waals surface area (Å²) in [5, 5.41) is 3.57. The minimum Gasteiger partial charge on any atom is -0.491 e. The zero-order chi connectivity index (χ0) is 14.3. The second-order valence-corrected chi connectivity index (χ2v) is 5.76. The van der Waals surface area contributed by atoms with Gasteiger partial charge >= 0.3 is 0 Å². The zero-order valence-corrected chi connectivity index (χ0v) is 13.1. The Hall–Kier alpha value is -1.02. The van der Waals surface area contributed by atoms with E-state index in [-0.39, 0.29) is 6.10 Å². The van der Waals surface area contributed by atoms with Gasteiger partial charge in [0.05, 0.1) is 6.10 Å². The Kier molecular flexibility index (Phi) is 6.93. The van der Waals surface area contributed by atoms with Gasteiger partial charge in [-0.05, 0) is 56.8 Å². The predicted octanol–water partition coefficient (Wildman–Crippen LogP) is 4.04. The van der Waals surface area contributed by atoms with Gasteiger partial charge in [-0.3, -0.25) is 0 Å². The van der Waals surface area contributed by atoms with Crippen LogP contribution in [-0.4, -0.2) is 18.7 Å². The molecule has 108 valence electrons. The molecule has 2 heteroatoms. The van der Waals surface area contributed by atoms with Crippen molar-refractivity contribution in [2.45, 2.75) is 59.6 Å². The van der Waals surface area contributed by atoms with Crippen LogP contribution in [0, 0.1) is 5.92 Å². The van der Waals surface area contributed by atoms with E-state index >= 15 is 0 Å². The molecular formula is C17H29NO. The van der Waals surface area contributed by atoms with E-state index < -0.39 is 0 Å². The number of ether oxygens (including phenoxy) is 1. The molecule has 0 saturated heterocycles. The Labute approximate surface area is 118 Å². The highest BCUT2D eigenvalue weighted by atomic mass is 16.5. The number of aryl methyl sites for hydroxylation is 1. The molecule has 1 rings (SSSR count). The third-order valence-corrected chi connectivity index (χ3v) is 3.31. The average Bonchev–Trinajstić information content (AvgIpc) is 2.35. The lowest BCUT2D eigenvalue weighted by Crippen LogP contribution is -2.34. The van der Waals surface area contributed by atoms with Crippen molar-refractivity contribution in [3.8, 4) is 5.75 Å². The minimum atomic E-state index is 0.241. The molecular weight excluding hydrogens is 234 g/mol. The topological polar surface area (TPSA) is 21.3 Å². The van der Waals surface area contributed by atoms with Gasteiger partial charge < -0.3 is 10.1 Å². The number of hydrogen-bond donors (Lipinski definition) is 1. The van der Waals surface area contributed by atoms with E-state index in [0.717, 1.165) is 18.7 Å². The fourth-order valence-corrected chi connectivity index (χ4v) is 2.26. The number of nitrogens with one attached hydrogen (secondary N) is 1. The Morgan fingerprint density at radius 1 is 1.05 bits per heavy atom. The maximum absolute atomic E-state index is 5.66. The third-order valence-electron chi connectivity index (χ3n) is 3.31. The van der Waals surface area contributed by atoms with Crippen molar-refractivity contribution < 1.29 is 4.74 Å². The fraction of sp³-hybridized carbons (Fsp3) is 0.647. The SMILES string of the molecule is CCNC(CCc1ccc(OC(C)C)cc1)C(C)C. The van der Waals surface area contributed by atoms with Crippen molar-refractivity contribution >= 4 is 0 Å². The molecule has 0 aromatic heterocycles. The van der Waals surface area contributed by atoms with Crippen LogP contribution in [0.3, 0.4) is 0 Å². The Bertz CT molecular complexity index is 343. The number of benzene rings is 1. The molecule has 0 aliphatic carbocycles. The van der Waals surface area contributed by atoms with Crippen LogP contribution in [0.4, 0.5) is 0 Å². The summed E-state index contributed by atoms with van der Waals surface area (Å²) in [6.45, 7) is 11.9. The van der Waals surface area contributed by atoms with Crippen molar-refractivity contribution in [2.75, 3.05) is 6.54 Å². The monoisotopic (exact) mass is 263 g/mol. The molecule has 1 N–H and O–H groups in total. The van der Waals surface area contributed by atoms with Crippen molar-refractivity contribution in [3.05, 3.63) is 29.8 Å². The van der Waals surface area contributed by atoms with Crippen LogP contribution in [0.2, 0.25) is 0 Å². The van der Waals surface area contributed by atoms with Gasteiger partial charge in [-0.15, -0.1) is 0 Å².